The van der Waals surface area contributed by atoms with Gasteiger partial charge in [0.1, 0.15) is 0 Å². The Balaban J connectivity index is 2.67. The molecule has 0 aliphatic carbocycles. The lowest BCUT2D eigenvalue weighted by atomic mass is 10.0. The van der Waals surface area contributed by atoms with E-state index >= 15 is 0 Å². The number of carbonyl (C=O) groups is 2. The Morgan fingerprint density at radius 1 is 1.35 bits per heavy atom. The predicted molar refractivity (Wildman–Crippen MR) is 77.4 cm³/mol. The molecule has 1 rings (SSSR count). The van der Waals surface area contributed by atoms with Crippen LogP contribution < -0.4 is 5.32 Å². The van der Waals surface area contributed by atoms with E-state index in [-0.39, 0.29) is 5.91 Å². The zero-order valence-electron chi connectivity index (χ0n) is 12.7. The van der Waals surface area contributed by atoms with Crippen molar-refractivity contribution in [2.24, 2.45) is 0 Å². The van der Waals surface area contributed by atoms with Gasteiger partial charge in [0.05, 0.1) is 13.2 Å². The summed E-state index contributed by atoms with van der Waals surface area (Å²) < 4.78 is 4.41. The number of hydrogen-bond acceptors (Lipinski definition) is 4. The number of likely N-dealkylation sites (N-methyl/N-ethyl adjacent to an activating group) is 1. The van der Waals surface area contributed by atoms with Crippen LogP contribution in [0.4, 0.5) is 4.79 Å². The first-order valence-electron chi connectivity index (χ1n) is 6.50. The van der Waals surface area contributed by atoms with Gasteiger partial charge in [0.15, 0.2) is 0 Å². The number of hydrogen-bond donors (Lipinski definition) is 1. The molecular formula is C15H22N2O3. The third kappa shape index (κ3) is 4.35. The molecule has 20 heavy (non-hydrogen) atoms. The zero-order chi connectivity index (χ0) is 15.3. The van der Waals surface area contributed by atoms with Crippen LogP contribution in [0.2, 0.25) is 0 Å². The highest BCUT2D eigenvalue weighted by atomic mass is 16.5. The van der Waals surface area contributed by atoms with Crippen molar-refractivity contribution in [1.82, 2.24) is 10.2 Å². The summed E-state index contributed by atoms with van der Waals surface area (Å²) in [5.41, 5.74) is 3.57. The minimum atomic E-state index is -0.734. The lowest BCUT2D eigenvalue weighted by molar-refractivity contribution is -0.124. The van der Waals surface area contributed by atoms with Gasteiger partial charge in [0.25, 0.3) is 0 Å². The van der Waals surface area contributed by atoms with Crippen LogP contribution in [-0.4, -0.2) is 37.1 Å². The summed E-state index contributed by atoms with van der Waals surface area (Å²) in [4.78, 5) is 24.7. The fourth-order valence-electron chi connectivity index (χ4n) is 1.89. The van der Waals surface area contributed by atoms with E-state index in [1.165, 1.54) is 18.2 Å². The number of methoxy groups -OCH3 is 1. The number of benzene rings is 1. The molecule has 1 atom stereocenters. The van der Waals surface area contributed by atoms with Crippen LogP contribution in [-0.2, 0) is 16.1 Å². The Morgan fingerprint density at radius 2 is 2.00 bits per heavy atom. The van der Waals surface area contributed by atoms with Crippen LogP contribution >= 0.6 is 0 Å². The van der Waals surface area contributed by atoms with E-state index in [1.807, 2.05) is 18.9 Å². The molecule has 0 fully saturated rings. The predicted octanol–water partition coefficient (Wildman–Crippen LogP) is 2.01. The number of aryl methyl sites for hydroxylation is 2. The van der Waals surface area contributed by atoms with Gasteiger partial charge in [-0.05, 0) is 38.9 Å². The van der Waals surface area contributed by atoms with Gasteiger partial charge in [-0.15, -0.1) is 0 Å². The molecule has 1 aromatic carbocycles. The van der Waals surface area contributed by atoms with Crippen LogP contribution in [0.25, 0.3) is 0 Å². The normalized spacial score (nSPS) is 12.1. The number of nitrogens with one attached hydrogen (secondary N) is 1. The van der Waals surface area contributed by atoms with Gasteiger partial charge in [-0.3, -0.25) is 15.0 Å². The van der Waals surface area contributed by atoms with Crippen LogP contribution in [0.1, 0.15) is 23.6 Å². The fourth-order valence-corrected chi connectivity index (χ4v) is 1.89. The largest absolute Gasteiger partial charge is 0.453 e. The number of alkyl carbamates (subject to hydrolysis) is 1. The van der Waals surface area contributed by atoms with Crippen molar-refractivity contribution in [3.8, 4) is 0 Å². The van der Waals surface area contributed by atoms with Crippen molar-refractivity contribution in [3.63, 3.8) is 0 Å². The Labute approximate surface area is 119 Å². The summed E-state index contributed by atoms with van der Waals surface area (Å²) >= 11 is 0. The van der Waals surface area contributed by atoms with Crippen molar-refractivity contribution in [2.45, 2.75) is 33.4 Å². The monoisotopic (exact) mass is 278 g/mol. The van der Waals surface area contributed by atoms with E-state index in [9.17, 15) is 9.59 Å². The van der Waals surface area contributed by atoms with Crippen LogP contribution in [0, 0.1) is 13.8 Å². The maximum Gasteiger partial charge on any atom is 0.413 e. The topological polar surface area (TPSA) is 58.6 Å². The molecule has 0 spiro atoms. The molecular weight excluding hydrogens is 256 g/mol. The maximum atomic E-state index is 11.8. The van der Waals surface area contributed by atoms with Gasteiger partial charge in [0, 0.05) is 6.54 Å². The second-order valence-corrected chi connectivity index (χ2v) is 5.00. The first-order chi connectivity index (χ1) is 9.35. The van der Waals surface area contributed by atoms with E-state index in [0.717, 1.165) is 5.56 Å². The SMILES string of the molecule is COC(=O)NC(=O)[C@@H](C)N(C)Cc1ccc(C)cc1C. The summed E-state index contributed by atoms with van der Waals surface area (Å²) in [6, 6.07) is 5.80. The molecule has 5 heteroatoms. The van der Waals surface area contributed by atoms with Crippen molar-refractivity contribution >= 4 is 12.0 Å². The van der Waals surface area contributed by atoms with Gasteiger partial charge in [-0.25, -0.2) is 4.79 Å². The van der Waals surface area contributed by atoms with Crippen LogP contribution in [0.5, 0.6) is 0 Å². The number of imide groups is 1. The lowest BCUT2D eigenvalue weighted by Crippen LogP contribution is -2.45. The van der Waals surface area contributed by atoms with Gasteiger partial charge in [0.2, 0.25) is 5.91 Å². The molecule has 0 saturated heterocycles. The standard InChI is InChI=1S/C15H22N2O3/c1-10-6-7-13(11(2)8-10)9-17(4)12(3)14(18)16-15(19)20-5/h6-8,12H,9H2,1-5H3,(H,16,18,19)/t12-/m1/s1. The third-order valence-electron chi connectivity index (χ3n) is 3.37. The molecule has 1 aromatic rings. The Hall–Kier alpha value is -1.88. The number of ether oxygens (including phenoxy) is 1. The van der Waals surface area contributed by atoms with Crippen molar-refractivity contribution in [1.29, 1.82) is 0 Å². The molecule has 0 aliphatic heterocycles. The third-order valence-corrected chi connectivity index (χ3v) is 3.37. The minimum Gasteiger partial charge on any atom is -0.453 e. The highest BCUT2D eigenvalue weighted by Crippen LogP contribution is 2.13. The van der Waals surface area contributed by atoms with Gasteiger partial charge in [-0.2, -0.15) is 0 Å². The zero-order valence-corrected chi connectivity index (χ0v) is 12.7. The number of amides is 2. The van der Waals surface area contributed by atoms with Crippen LogP contribution in [0.3, 0.4) is 0 Å². The second-order valence-electron chi connectivity index (χ2n) is 5.00. The number of carbonyl (C=O) groups excluding carboxylic acids is 2. The molecule has 0 aliphatic rings. The Kier molecular flexibility index (Phi) is 5.70. The molecule has 110 valence electrons. The molecule has 2 amide bonds. The van der Waals surface area contributed by atoms with Gasteiger partial charge in [-0.1, -0.05) is 23.8 Å². The summed E-state index contributed by atoms with van der Waals surface area (Å²) in [6.45, 7) is 6.49. The van der Waals surface area contributed by atoms with E-state index < -0.39 is 12.1 Å². The fraction of sp³-hybridized carbons (Fsp3) is 0.467. The number of rotatable bonds is 4. The maximum absolute atomic E-state index is 11.8. The minimum absolute atomic E-state index is 0.371. The average molecular weight is 278 g/mol. The summed E-state index contributed by atoms with van der Waals surface area (Å²) in [5.74, 6) is -0.371. The molecule has 0 aromatic heterocycles. The number of nitrogens with zero attached hydrogens (tertiary/aromatic N) is 1. The lowest BCUT2D eigenvalue weighted by Gasteiger charge is -2.24. The van der Waals surface area contributed by atoms with E-state index in [1.54, 1.807) is 6.92 Å². The van der Waals surface area contributed by atoms with Crippen LogP contribution in [0.15, 0.2) is 18.2 Å². The average Bonchev–Trinajstić information content (AvgIpc) is 2.40. The van der Waals surface area contributed by atoms with Crippen molar-refractivity contribution < 1.29 is 14.3 Å². The molecule has 5 nitrogen and oxygen atoms in total. The highest BCUT2D eigenvalue weighted by Gasteiger charge is 2.20. The summed E-state index contributed by atoms with van der Waals surface area (Å²) in [5, 5.41) is 2.18. The smallest absolute Gasteiger partial charge is 0.413 e. The Bertz CT molecular complexity index is 500. The van der Waals surface area contributed by atoms with E-state index in [0.29, 0.717) is 6.54 Å². The van der Waals surface area contributed by atoms with Gasteiger partial charge >= 0.3 is 6.09 Å². The quantitative estimate of drug-likeness (QED) is 0.915. The molecule has 0 radical (unpaired) electrons. The molecule has 0 unspecified atom stereocenters. The first-order valence-corrected chi connectivity index (χ1v) is 6.50. The second kappa shape index (κ2) is 7.05. The van der Waals surface area contributed by atoms with E-state index in [4.69, 9.17) is 0 Å². The van der Waals surface area contributed by atoms with Crippen molar-refractivity contribution in [3.05, 3.63) is 34.9 Å². The van der Waals surface area contributed by atoms with Crippen molar-refractivity contribution in [2.75, 3.05) is 14.2 Å². The first kappa shape index (κ1) is 16.2. The molecule has 0 heterocycles. The van der Waals surface area contributed by atoms with Gasteiger partial charge < -0.3 is 4.74 Å². The summed E-state index contributed by atoms with van der Waals surface area (Å²) in [6.07, 6.45) is -0.734. The molecule has 0 saturated carbocycles. The van der Waals surface area contributed by atoms with E-state index in [2.05, 4.69) is 35.2 Å². The Morgan fingerprint density at radius 3 is 2.55 bits per heavy atom. The molecule has 0 bridgehead atoms. The molecule has 1 N–H and O–H groups in total. The highest BCUT2D eigenvalue weighted by molar-refractivity contribution is 5.94. The summed E-state index contributed by atoms with van der Waals surface area (Å²) in [7, 11) is 3.08.